The highest BCUT2D eigenvalue weighted by molar-refractivity contribution is 5.96. The van der Waals surface area contributed by atoms with Gasteiger partial charge in [-0.15, -0.1) is 0 Å². The number of nitro groups is 1. The van der Waals surface area contributed by atoms with Crippen molar-refractivity contribution in [1.29, 1.82) is 0 Å². The summed E-state index contributed by atoms with van der Waals surface area (Å²) in [5.41, 5.74) is 1.12. The van der Waals surface area contributed by atoms with Gasteiger partial charge in [-0.1, -0.05) is 18.2 Å². The molecule has 1 unspecified atom stereocenters. The molecule has 2 aromatic rings. The lowest BCUT2D eigenvalue weighted by Crippen LogP contribution is -2.52. The first kappa shape index (κ1) is 19.1. The highest BCUT2D eigenvalue weighted by Gasteiger charge is 2.24. The number of hydrogen-bond donors (Lipinski definition) is 1. The highest BCUT2D eigenvalue weighted by Crippen LogP contribution is 2.16. The lowest BCUT2D eigenvalue weighted by molar-refractivity contribution is -0.384. The molecular formula is C20H22FN3O3. The third-order valence-electron chi connectivity index (χ3n) is 4.91. The van der Waals surface area contributed by atoms with Crippen molar-refractivity contribution in [3.05, 3.63) is 75.6 Å². The number of nitro benzene ring substituents is 1. The molecule has 1 atom stereocenters. The minimum atomic E-state index is -0.484. The average Bonchev–Trinajstić information content (AvgIpc) is 2.69. The average molecular weight is 371 g/mol. The van der Waals surface area contributed by atoms with Crippen molar-refractivity contribution in [2.45, 2.75) is 18.9 Å². The van der Waals surface area contributed by atoms with Crippen LogP contribution in [0.25, 0.3) is 0 Å². The maximum Gasteiger partial charge on any atom is 0.269 e. The van der Waals surface area contributed by atoms with Gasteiger partial charge in [0.05, 0.1) is 4.92 Å². The van der Waals surface area contributed by atoms with Crippen LogP contribution < -0.4 is 5.32 Å². The molecule has 27 heavy (non-hydrogen) atoms. The third-order valence-corrected chi connectivity index (χ3v) is 4.91. The van der Waals surface area contributed by atoms with Crippen molar-refractivity contribution < 1.29 is 14.1 Å². The monoisotopic (exact) mass is 371 g/mol. The van der Waals surface area contributed by atoms with Crippen molar-refractivity contribution in [1.82, 2.24) is 10.2 Å². The second-order valence-electron chi connectivity index (χ2n) is 6.67. The molecular weight excluding hydrogens is 349 g/mol. The molecule has 0 saturated carbocycles. The number of rotatable bonds is 7. The predicted octanol–water partition coefficient (Wildman–Crippen LogP) is 2.82. The first-order chi connectivity index (χ1) is 13.0. The fraction of sp³-hybridized carbons (Fsp3) is 0.350. The maximum atomic E-state index is 14.0. The van der Waals surface area contributed by atoms with E-state index in [2.05, 4.69) is 10.2 Å². The molecule has 1 saturated heterocycles. The molecule has 0 aliphatic carbocycles. The van der Waals surface area contributed by atoms with Gasteiger partial charge in [0.15, 0.2) is 5.78 Å². The predicted molar refractivity (Wildman–Crippen MR) is 100 cm³/mol. The number of benzene rings is 2. The van der Waals surface area contributed by atoms with E-state index < -0.39 is 4.92 Å². The molecule has 1 aliphatic rings. The Balaban J connectivity index is 1.60. The Hall–Kier alpha value is -2.64. The van der Waals surface area contributed by atoms with E-state index in [1.165, 1.54) is 30.3 Å². The number of ketones is 1. The smallest absolute Gasteiger partial charge is 0.269 e. The molecule has 0 amide bonds. The summed E-state index contributed by atoms with van der Waals surface area (Å²) in [4.78, 5) is 24.9. The van der Waals surface area contributed by atoms with E-state index in [4.69, 9.17) is 0 Å². The van der Waals surface area contributed by atoms with Crippen molar-refractivity contribution in [3.63, 3.8) is 0 Å². The van der Waals surface area contributed by atoms with Gasteiger partial charge < -0.3 is 5.32 Å². The van der Waals surface area contributed by atoms with Gasteiger partial charge >= 0.3 is 0 Å². The van der Waals surface area contributed by atoms with E-state index in [0.717, 1.165) is 19.6 Å². The molecule has 0 bridgehead atoms. The van der Waals surface area contributed by atoms with Crippen molar-refractivity contribution in [2.24, 2.45) is 0 Å². The summed E-state index contributed by atoms with van der Waals surface area (Å²) in [7, 11) is 0. The second-order valence-corrected chi connectivity index (χ2v) is 6.67. The van der Waals surface area contributed by atoms with Crippen molar-refractivity contribution >= 4 is 11.5 Å². The number of carbonyl (C=O) groups excluding carboxylic acids is 1. The number of non-ortho nitro benzene ring substituents is 1. The summed E-state index contributed by atoms with van der Waals surface area (Å²) in [6, 6.07) is 12.6. The van der Waals surface area contributed by atoms with Crippen molar-refractivity contribution in [2.75, 3.05) is 26.2 Å². The van der Waals surface area contributed by atoms with Gasteiger partial charge in [0.25, 0.3) is 5.69 Å². The zero-order valence-corrected chi connectivity index (χ0v) is 14.9. The van der Waals surface area contributed by atoms with E-state index in [0.29, 0.717) is 30.5 Å². The Kier molecular flexibility index (Phi) is 6.26. The Morgan fingerprint density at radius 3 is 2.67 bits per heavy atom. The lowest BCUT2D eigenvalue weighted by Gasteiger charge is -2.36. The number of piperazine rings is 1. The fourth-order valence-corrected chi connectivity index (χ4v) is 3.37. The highest BCUT2D eigenvalue weighted by atomic mass is 19.1. The summed E-state index contributed by atoms with van der Waals surface area (Å²) in [5.74, 6) is -0.252. The number of Topliss-reactive ketones (excluding diaryl/α,β-unsaturated/α-hetero) is 1. The molecule has 2 aromatic carbocycles. The van der Waals surface area contributed by atoms with Gasteiger partial charge in [0.1, 0.15) is 5.82 Å². The van der Waals surface area contributed by atoms with Crippen molar-refractivity contribution in [3.8, 4) is 0 Å². The number of nitrogens with zero attached hydrogens (tertiary/aromatic N) is 2. The van der Waals surface area contributed by atoms with E-state index in [1.807, 2.05) is 6.07 Å². The minimum Gasteiger partial charge on any atom is -0.314 e. The summed E-state index contributed by atoms with van der Waals surface area (Å²) >= 11 is 0. The van der Waals surface area contributed by atoms with Crippen LogP contribution in [0, 0.1) is 15.9 Å². The molecule has 7 heteroatoms. The van der Waals surface area contributed by atoms with Crippen LogP contribution in [0.4, 0.5) is 10.1 Å². The lowest BCUT2D eigenvalue weighted by atomic mass is 10.0. The van der Waals surface area contributed by atoms with Gasteiger partial charge in [0, 0.05) is 56.3 Å². The van der Waals surface area contributed by atoms with Gasteiger partial charge in [-0.2, -0.15) is 0 Å². The number of nitrogens with one attached hydrogen (secondary N) is 1. The minimum absolute atomic E-state index is 0.0291. The molecule has 0 aromatic heterocycles. The van der Waals surface area contributed by atoms with E-state index in [-0.39, 0.29) is 23.3 Å². The molecule has 1 fully saturated rings. The zero-order chi connectivity index (χ0) is 19.2. The van der Waals surface area contributed by atoms with Gasteiger partial charge in [0.2, 0.25) is 0 Å². The standard InChI is InChI=1S/C20H22FN3O3/c21-19-4-2-1-3-16(19)13-18-14-22-10-12-23(18)11-9-20(25)15-5-7-17(8-6-15)24(26)27/h1-8,18,22H,9-14H2. The number of halogens is 1. The summed E-state index contributed by atoms with van der Waals surface area (Å²) in [6.45, 7) is 2.96. The van der Waals surface area contributed by atoms with Crippen LogP contribution in [0.2, 0.25) is 0 Å². The number of hydrogen-bond acceptors (Lipinski definition) is 5. The van der Waals surface area contributed by atoms with Crippen LogP contribution in [-0.4, -0.2) is 47.8 Å². The van der Waals surface area contributed by atoms with Crippen LogP contribution in [0.3, 0.4) is 0 Å². The van der Waals surface area contributed by atoms with Gasteiger partial charge in [-0.05, 0) is 30.2 Å². The van der Waals surface area contributed by atoms with Gasteiger partial charge in [-0.25, -0.2) is 4.39 Å². The van der Waals surface area contributed by atoms with E-state index >= 15 is 0 Å². The summed E-state index contributed by atoms with van der Waals surface area (Å²) in [6.07, 6.45) is 0.914. The maximum absolute atomic E-state index is 14.0. The summed E-state index contributed by atoms with van der Waals surface area (Å²) < 4.78 is 14.0. The Morgan fingerprint density at radius 2 is 1.96 bits per heavy atom. The fourth-order valence-electron chi connectivity index (χ4n) is 3.37. The normalized spacial score (nSPS) is 17.6. The molecule has 3 rings (SSSR count). The van der Waals surface area contributed by atoms with Crippen LogP contribution >= 0.6 is 0 Å². The molecule has 142 valence electrons. The Labute approximate surface area is 157 Å². The van der Waals surface area contributed by atoms with Crippen LogP contribution in [0.1, 0.15) is 22.3 Å². The largest absolute Gasteiger partial charge is 0.314 e. The topological polar surface area (TPSA) is 75.5 Å². The molecule has 1 heterocycles. The third kappa shape index (κ3) is 4.96. The Bertz CT molecular complexity index is 810. The zero-order valence-electron chi connectivity index (χ0n) is 14.9. The van der Waals surface area contributed by atoms with Crippen LogP contribution in [-0.2, 0) is 6.42 Å². The molecule has 6 nitrogen and oxygen atoms in total. The SMILES string of the molecule is O=C(CCN1CCNCC1Cc1ccccc1F)c1ccc([N+](=O)[O-])cc1. The van der Waals surface area contributed by atoms with Gasteiger partial charge in [-0.3, -0.25) is 19.8 Å². The van der Waals surface area contributed by atoms with E-state index in [9.17, 15) is 19.3 Å². The number of carbonyl (C=O) groups is 1. The molecule has 1 N–H and O–H groups in total. The Morgan fingerprint density at radius 1 is 1.22 bits per heavy atom. The van der Waals surface area contributed by atoms with Crippen LogP contribution in [0.5, 0.6) is 0 Å². The molecule has 1 aliphatic heterocycles. The summed E-state index contributed by atoms with van der Waals surface area (Å²) in [5, 5.41) is 14.0. The first-order valence-corrected chi connectivity index (χ1v) is 9.00. The van der Waals surface area contributed by atoms with E-state index in [1.54, 1.807) is 12.1 Å². The molecule has 0 spiro atoms. The first-order valence-electron chi connectivity index (χ1n) is 9.00. The van der Waals surface area contributed by atoms with Crippen LogP contribution in [0.15, 0.2) is 48.5 Å². The molecule has 0 radical (unpaired) electrons. The quantitative estimate of drug-likeness (QED) is 0.460. The second kappa shape index (κ2) is 8.83.